The van der Waals surface area contributed by atoms with Gasteiger partial charge in [0.15, 0.2) is 0 Å². The summed E-state index contributed by atoms with van der Waals surface area (Å²) < 4.78 is 25.1. The van der Waals surface area contributed by atoms with Crippen LogP contribution < -0.4 is 10.6 Å². The molecule has 8 heteroatoms. The molecule has 0 saturated heterocycles. The lowest BCUT2D eigenvalue weighted by Crippen LogP contribution is -2.37. The molecule has 2 amide bonds. The molecule has 0 aliphatic carbocycles. The largest absolute Gasteiger partial charge is 0.354 e. The average molecular weight is 389 g/mol. The van der Waals surface area contributed by atoms with Crippen LogP contribution in [-0.2, 0) is 21.2 Å². The molecule has 0 fully saturated rings. The van der Waals surface area contributed by atoms with Crippen LogP contribution in [0.1, 0.15) is 15.9 Å². The van der Waals surface area contributed by atoms with Gasteiger partial charge in [-0.25, -0.2) is 12.7 Å². The lowest BCUT2D eigenvalue weighted by atomic mass is 10.1. The highest BCUT2D eigenvalue weighted by molar-refractivity contribution is 7.89. The molecule has 0 bridgehead atoms. The molecule has 0 aromatic heterocycles. The fraction of sp³-hybridized carbons (Fsp3) is 0.263. The first-order valence-electron chi connectivity index (χ1n) is 8.42. The Bertz CT molecular complexity index is 879. The second kappa shape index (κ2) is 9.29. The van der Waals surface area contributed by atoms with Crippen LogP contribution in [0.3, 0.4) is 0 Å². The fourth-order valence-electron chi connectivity index (χ4n) is 2.31. The van der Waals surface area contributed by atoms with E-state index in [9.17, 15) is 18.0 Å². The van der Waals surface area contributed by atoms with Crippen LogP contribution in [0.25, 0.3) is 0 Å². The van der Waals surface area contributed by atoms with E-state index in [2.05, 4.69) is 10.6 Å². The number of nitrogens with zero attached hydrogens (tertiary/aromatic N) is 1. The summed E-state index contributed by atoms with van der Waals surface area (Å²) in [5, 5.41) is 5.26. The van der Waals surface area contributed by atoms with Crippen molar-refractivity contribution in [1.82, 2.24) is 14.9 Å². The van der Waals surface area contributed by atoms with Crippen molar-refractivity contribution >= 4 is 21.8 Å². The Kier molecular flexibility index (Phi) is 7.09. The molecule has 2 aromatic carbocycles. The highest BCUT2D eigenvalue weighted by atomic mass is 32.2. The molecular weight excluding hydrogens is 366 g/mol. The summed E-state index contributed by atoms with van der Waals surface area (Å²) in [5.41, 5.74) is 1.40. The van der Waals surface area contributed by atoms with E-state index in [-0.39, 0.29) is 22.9 Å². The van der Waals surface area contributed by atoms with E-state index >= 15 is 0 Å². The number of rotatable bonds is 8. The van der Waals surface area contributed by atoms with E-state index in [1.165, 1.54) is 38.4 Å². The third kappa shape index (κ3) is 5.90. The van der Waals surface area contributed by atoms with Gasteiger partial charge in [0, 0.05) is 26.2 Å². The molecule has 0 radical (unpaired) electrons. The number of sulfonamides is 1. The summed E-state index contributed by atoms with van der Waals surface area (Å²) >= 11 is 0. The van der Waals surface area contributed by atoms with Gasteiger partial charge in [0.05, 0.1) is 11.4 Å². The van der Waals surface area contributed by atoms with Crippen molar-refractivity contribution in [3.8, 4) is 0 Å². The molecule has 0 saturated carbocycles. The third-order valence-corrected chi connectivity index (χ3v) is 5.71. The van der Waals surface area contributed by atoms with Crippen molar-refractivity contribution in [3.63, 3.8) is 0 Å². The highest BCUT2D eigenvalue weighted by Crippen LogP contribution is 2.13. The number of hydrogen-bond acceptors (Lipinski definition) is 4. The van der Waals surface area contributed by atoms with Crippen LogP contribution in [0.15, 0.2) is 59.5 Å². The molecule has 0 unspecified atom stereocenters. The topological polar surface area (TPSA) is 95.6 Å². The van der Waals surface area contributed by atoms with Gasteiger partial charge in [-0.2, -0.15) is 0 Å². The van der Waals surface area contributed by atoms with Crippen molar-refractivity contribution in [3.05, 3.63) is 65.7 Å². The summed E-state index contributed by atoms with van der Waals surface area (Å²) in [7, 11) is -0.667. The molecule has 0 atom stereocenters. The van der Waals surface area contributed by atoms with Crippen LogP contribution in [0, 0.1) is 0 Å². The molecular formula is C19H23N3O4S. The summed E-state index contributed by atoms with van der Waals surface area (Å²) in [6.07, 6.45) is 0.711. The normalized spacial score (nSPS) is 11.2. The van der Waals surface area contributed by atoms with E-state index in [1.54, 1.807) is 0 Å². The first-order valence-corrected chi connectivity index (χ1v) is 9.86. The first kappa shape index (κ1) is 20.6. The zero-order valence-electron chi connectivity index (χ0n) is 15.3. The van der Waals surface area contributed by atoms with Crippen molar-refractivity contribution in [2.75, 3.05) is 27.2 Å². The number of nitrogens with one attached hydrogen (secondary N) is 2. The van der Waals surface area contributed by atoms with E-state index in [0.29, 0.717) is 13.0 Å². The van der Waals surface area contributed by atoms with Gasteiger partial charge in [0.1, 0.15) is 0 Å². The van der Waals surface area contributed by atoms with Gasteiger partial charge in [-0.15, -0.1) is 0 Å². The maximum atomic E-state index is 12.1. The lowest BCUT2D eigenvalue weighted by Gasteiger charge is -2.11. The van der Waals surface area contributed by atoms with E-state index in [4.69, 9.17) is 0 Å². The quantitative estimate of drug-likeness (QED) is 0.705. The summed E-state index contributed by atoms with van der Waals surface area (Å²) in [6.45, 7) is 0.335. The fourth-order valence-corrected chi connectivity index (χ4v) is 3.21. The Balaban J connectivity index is 1.80. The first-order chi connectivity index (χ1) is 12.8. The van der Waals surface area contributed by atoms with Crippen molar-refractivity contribution in [2.24, 2.45) is 0 Å². The van der Waals surface area contributed by atoms with E-state index < -0.39 is 15.9 Å². The number of hydrogen-bond donors (Lipinski definition) is 2. The van der Waals surface area contributed by atoms with E-state index in [1.807, 2.05) is 30.3 Å². The average Bonchev–Trinajstić information content (AvgIpc) is 2.67. The molecule has 27 heavy (non-hydrogen) atoms. The van der Waals surface area contributed by atoms with Gasteiger partial charge < -0.3 is 10.6 Å². The molecule has 2 aromatic rings. The zero-order valence-corrected chi connectivity index (χ0v) is 16.1. The standard InChI is InChI=1S/C19H23N3O4S/c1-22(2)27(25,26)17-10-8-16(9-11-17)19(24)21-14-18(23)20-13-12-15-6-4-3-5-7-15/h3-11H,12-14H2,1-2H3,(H,20,23)(H,21,24). The Morgan fingerprint density at radius 2 is 1.56 bits per heavy atom. The van der Waals surface area contributed by atoms with Crippen LogP contribution in [0.2, 0.25) is 0 Å². The van der Waals surface area contributed by atoms with Crippen molar-refractivity contribution < 1.29 is 18.0 Å². The van der Waals surface area contributed by atoms with Gasteiger partial charge in [-0.1, -0.05) is 30.3 Å². The van der Waals surface area contributed by atoms with Gasteiger partial charge in [-0.05, 0) is 36.2 Å². The Morgan fingerprint density at radius 1 is 0.926 bits per heavy atom. The monoisotopic (exact) mass is 389 g/mol. The van der Waals surface area contributed by atoms with Gasteiger partial charge in [0.25, 0.3) is 5.91 Å². The summed E-state index contributed by atoms with van der Waals surface area (Å²) in [4.78, 5) is 24.0. The minimum absolute atomic E-state index is 0.0997. The number of benzene rings is 2. The lowest BCUT2D eigenvalue weighted by molar-refractivity contribution is -0.120. The van der Waals surface area contributed by atoms with Gasteiger partial charge in [-0.3, -0.25) is 9.59 Å². The van der Waals surface area contributed by atoms with Crippen molar-refractivity contribution in [1.29, 1.82) is 0 Å². The molecule has 2 rings (SSSR count). The maximum Gasteiger partial charge on any atom is 0.251 e. The molecule has 0 aliphatic rings. The highest BCUT2D eigenvalue weighted by Gasteiger charge is 2.17. The Labute approximate surface area is 159 Å². The van der Waals surface area contributed by atoms with Crippen molar-refractivity contribution in [2.45, 2.75) is 11.3 Å². The predicted octanol–water partition coefficient (Wildman–Crippen LogP) is 1.03. The molecule has 7 nitrogen and oxygen atoms in total. The third-order valence-electron chi connectivity index (χ3n) is 3.88. The smallest absolute Gasteiger partial charge is 0.251 e. The molecule has 0 aliphatic heterocycles. The Hall–Kier alpha value is -2.71. The number of carbonyl (C=O) groups excluding carboxylic acids is 2. The summed E-state index contributed by atoms with van der Waals surface area (Å²) in [6, 6.07) is 15.3. The molecule has 2 N–H and O–H groups in total. The number of amides is 2. The minimum atomic E-state index is -3.54. The maximum absolute atomic E-state index is 12.1. The zero-order chi connectivity index (χ0) is 19.9. The second-order valence-electron chi connectivity index (χ2n) is 6.08. The second-order valence-corrected chi connectivity index (χ2v) is 8.23. The molecule has 0 spiro atoms. The molecule has 0 heterocycles. The number of carbonyl (C=O) groups is 2. The van der Waals surface area contributed by atoms with Gasteiger partial charge in [0.2, 0.25) is 15.9 Å². The molecule has 144 valence electrons. The SMILES string of the molecule is CN(C)S(=O)(=O)c1ccc(C(=O)NCC(=O)NCCc2ccccc2)cc1. The van der Waals surface area contributed by atoms with Crippen LogP contribution in [0.5, 0.6) is 0 Å². The predicted molar refractivity (Wildman–Crippen MR) is 103 cm³/mol. The Morgan fingerprint density at radius 3 is 2.15 bits per heavy atom. The van der Waals surface area contributed by atoms with Crippen LogP contribution >= 0.6 is 0 Å². The van der Waals surface area contributed by atoms with Gasteiger partial charge >= 0.3 is 0 Å². The minimum Gasteiger partial charge on any atom is -0.354 e. The summed E-state index contributed by atoms with van der Waals surface area (Å²) in [5.74, 6) is -0.729. The van der Waals surface area contributed by atoms with Crippen LogP contribution in [0.4, 0.5) is 0 Å². The van der Waals surface area contributed by atoms with Crippen LogP contribution in [-0.4, -0.2) is 51.7 Å². The van der Waals surface area contributed by atoms with E-state index in [0.717, 1.165) is 9.87 Å².